The maximum Gasteiger partial charge on any atom is 0.270 e. The molecule has 0 amide bonds. The molecule has 0 heterocycles. The predicted octanol–water partition coefficient (Wildman–Crippen LogP) is 4.81. The molecule has 152 valence electrons. The van der Waals surface area contributed by atoms with Gasteiger partial charge in [-0.05, 0) is 30.7 Å². The van der Waals surface area contributed by atoms with E-state index in [0.29, 0.717) is 5.56 Å². The topological polar surface area (TPSA) is 75.7 Å². The lowest BCUT2D eigenvalue weighted by Gasteiger charge is -2.20. The van der Waals surface area contributed by atoms with Gasteiger partial charge in [0, 0.05) is 29.2 Å². The molecule has 0 atom stereocenters. The van der Waals surface area contributed by atoms with Crippen LogP contribution in [0.15, 0.2) is 108 Å². The number of nitro benzene ring substituents is 1. The summed E-state index contributed by atoms with van der Waals surface area (Å²) < 4.78 is 0. The van der Waals surface area contributed by atoms with Crippen LogP contribution in [0.4, 0.5) is 11.4 Å². The van der Waals surface area contributed by atoms with E-state index in [1.165, 1.54) is 35.0 Å². The number of phenols is 1. The molecule has 1 N–H and O–H groups in total. The van der Waals surface area contributed by atoms with Gasteiger partial charge in [0.1, 0.15) is 5.75 Å². The first kappa shape index (κ1) is 20.5. The lowest BCUT2D eigenvalue weighted by atomic mass is 10.2. The van der Waals surface area contributed by atoms with Crippen molar-refractivity contribution in [2.24, 2.45) is 4.99 Å². The molecule has 4 aromatic carbocycles. The van der Waals surface area contributed by atoms with Crippen LogP contribution in [0, 0.1) is 10.1 Å². The van der Waals surface area contributed by atoms with Gasteiger partial charge < -0.3 is 5.11 Å². The number of hydrogen-bond donors (Lipinski definition) is 1. The van der Waals surface area contributed by atoms with E-state index in [1.807, 2.05) is 54.6 Å². The van der Waals surface area contributed by atoms with Crippen molar-refractivity contribution >= 4 is 41.4 Å². The Kier molecular flexibility index (Phi) is 6.16. The highest BCUT2D eigenvalue weighted by Gasteiger charge is 2.19. The van der Waals surface area contributed by atoms with Crippen molar-refractivity contribution in [2.75, 3.05) is 0 Å². The van der Waals surface area contributed by atoms with E-state index in [0.717, 1.165) is 11.0 Å². The lowest BCUT2D eigenvalue weighted by molar-refractivity contribution is -0.384. The summed E-state index contributed by atoms with van der Waals surface area (Å²) in [4.78, 5) is 15.2. The molecule has 4 aromatic rings. The van der Waals surface area contributed by atoms with E-state index in [-0.39, 0.29) is 11.4 Å². The molecule has 0 aliphatic rings. The maximum absolute atomic E-state index is 11.1. The molecule has 0 unspecified atom stereocenters. The fraction of sp³-hybridized carbons (Fsp3) is 0. The van der Waals surface area contributed by atoms with Gasteiger partial charge >= 0.3 is 0 Å². The van der Waals surface area contributed by atoms with Gasteiger partial charge in [-0.2, -0.15) is 0 Å². The van der Waals surface area contributed by atoms with Gasteiger partial charge in [0.05, 0.1) is 10.6 Å². The second kappa shape index (κ2) is 9.33. The summed E-state index contributed by atoms with van der Waals surface area (Å²) in [6.45, 7) is 0. The van der Waals surface area contributed by atoms with Crippen LogP contribution in [0.25, 0.3) is 0 Å². The zero-order valence-electron chi connectivity index (χ0n) is 16.5. The third kappa shape index (κ3) is 4.68. The van der Waals surface area contributed by atoms with Crippen LogP contribution in [0.5, 0.6) is 5.75 Å². The number of non-ortho nitro benzene ring substituents is 1. The van der Waals surface area contributed by atoms with Crippen LogP contribution in [0.1, 0.15) is 5.56 Å². The van der Waals surface area contributed by atoms with Gasteiger partial charge in [0.2, 0.25) is 0 Å². The largest absolute Gasteiger partial charge is 0.507 e. The van der Waals surface area contributed by atoms with Crippen LogP contribution >= 0.6 is 7.92 Å². The standard InChI is InChI=1S/C25H19N2O3P/c28-24-16-15-20(27(29)30)17-19(24)18-26-23-13-7-8-14-25(23)31(21-9-3-1-4-10-21)22-11-5-2-6-12-22/h1-18,28H/b26-18+. The first-order valence-corrected chi connectivity index (χ1v) is 11.0. The zero-order chi connectivity index (χ0) is 21.6. The number of aromatic hydroxyl groups is 1. The number of para-hydroxylation sites is 1. The summed E-state index contributed by atoms with van der Waals surface area (Å²) in [5, 5.41) is 24.7. The number of nitro groups is 1. The van der Waals surface area contributed by atoms with Crippen LogP contribution in [-0.2, 0) is 0 Å². The first-order chi connectivity index (χ1) is 15.1. The van der Waals surface area contributed by atoms with Gasteiger partial charge in [-0.1, -0.05) is 78.9 Å². The lowest BCUT2D eigenvalue weighted by Crippen LogP contribution is -2.20. The average molecular weight is 426 g/mol. The molecule has 0 saturated heterocycles. The van der Waals surface area contributed by atoms with Gasteiger partial charge in [0.25, 0.3) is 5.69 Å². The summed E-state index contributed by atoms with van der Waals surface area (Å²) in [6.07, 6.45) is 1.48. The number of rotatable bonds is 6. The Morgan fingerprint density at radius 3 is 2.00 bits per heavy atom. The van der Waals surface area contributed by atoms with Gasteiger partial charge in [-0.3, -0.25) is 15.1 Å². The summed E-state index contributed by atoms with van der Waals surface area (Å²) in [5.41, 5.74) is 0.961. The Bertz CT molecular complexity index is 1190. The van der Waals surface area contributed by atoms with E-state index >= 15 is 0 Å². The minimum atomic E-state index is -0.856. The number of nitrogens with zero attached hydrogens (tertiary/aromatic N) is 2. The van der Waals surface area contributed by atoms with Crippen LogP contribution < -0.4 is 15.9 Å². The smallest absolute Gasteiger partial charge is 0.270 e. The Morgan fingerprint density at radius 2 is 1.39 bits per heavy atom. The molecule has 0 radical (unpaired) electrons. The molecule has 0 spiro atoms. The normalized spacial score (nSPS) is 11.1. The third-order valence-corrected chi connectivity index (χ3v) is 7.21. The zero-order valence-corrected chi connectivity index (χ0v) is 17.4. The summed E-state index contributed by atoms with van der Waals surface area (Å²) in [6, 6.07) is 32.3. The fourth-order valence-electron chi connectivity index (χ4n) is 3.24. The maximum atomic E-state index is 11.1. The van der Waals surface area contributed by atoms with Crippen LogP contribution in [0.2, 0.25) is 0 Å². The Hall–Kier alpha value is -3.82. The minimum Gasteiger partial charge on any atom is -0.507 e. The molecular weight excluding hydrogens is 407 g/mol. The minimum absolute atomic E-state index is 0.0554. The highest BCUT2D eigenvalue weighted by atomic mass is 31.1. The molecular formula is C25H19N2O3P. The Morgan fingerprint density at radius 1 is 0.806 bits per heavy atom. The molecule has 5 nitrogen and oxygen atoms in total. The molecule has 0 aliphatic carbocycles. The Labute approximate surface area is 181 Å². The SMILES string of the molecule is O=[N+]([O-])c1ccc(O)c(/C=N/c2ccccc2P(c2ccccc2)c2ccccc2)c1. The molecule has 0 saturated carbocycles. The van der Waals surface area contributed by atoms with Crippen molar-refractivity contribution in [1.82, 2.24) is 0 Å². The molecule has 0 aromatic heterocycles. The van der Waals surface area contributed by atoms with E-state index in [9.17, 15) is 15.2 Å². The molecule has 4 rings (SSSR count). The third-order valence-electron chi connectivity index (χ3n) is 4.72. The summed E-state index contributed by atoms with van der Waals surface area (Å²) in [5.74, 6) is -0.0554. The van der Waals surface area contributed by atoms with Crippen molar-refractivity contribution in [2.45, 2.75) is 0 Å². The van der Waals surface area contributed by atoms with Crippen molar-refractivity contribution in [3.05, 3.63) is 119 Å². The molecule has 0 aliphatic heterocycles. The molecule has 31 heavy (non-hydrogen) atoms. The van der Waals surface area contributed by atoms with Gasteiger partial charge in [-0.25, -0.2) is 0 Å². The summed E-state index contributed by atoms with van der Waals surface area (Å²) >= 11 is 0. The highest BCUT2D eigenvalue weighted by Crippen LogP contribution is 2.36. The van der Waals surface area contributed by atoms with Crippen molar-refractivity contribution < 1.29 is 10.0 Å². The number of aliphatic imine (C=N–C) groups is 1. The van der Waals surface area contributed by atoms with E-state index in [2.05, 4.69) is 35.3 Å². The molecule has 0 fully saturated rings. The second-order valence-electron chi connectivity index (χ2n) is 6.75. The van der Waals surface area contributed by atoms with E-state index < -0.39 is 12.8 Å². The number of phenolic OH excluding ortho intramolecular Hbond substituents is 1. The highest BCUT2D eigenvalue weighted by molar-refractivity contribution is 7.80. The number of hydrogen-bond acceptors (Lipinski definition) is 4. The fourth-order valence-corrected chi connectivity index (χ4v) is 5.63. The summed E-state index contributed by atoms with van der Waals surface area (Å²) in [7, 11) is -0.856. The molecule has 6 heteroatoms. The number of benzene rings is 4. The van der Waals surface area contributed by atoms with Crippen molar-refractivity contribution in [1.29, 1.82) is 0 Å². The van der Waals surface area contributed by atoms with Gasteiger partial charge in [-0.15, -0.1) is 0 Å². The first-order valence-electron chi connectivity index (χ1n) is 9.64. The van der Waals surface area contributed by atoms with E-state index in [1.54, 1.807) is 0 Å². The predicted molar refractivity (Wildman–Crippen MR) is 127 cm³/mol. The van der Waals surface area contributed by atoms with E-state index in [4.69, 9.17) is 0 Å². The second-order valence-corrected chi connectivity index (χ2v) is 8.94. The molecule has 0 bridgehead atoms. The average Bonchev–Trinajstić information content (AvgIpc) is 2.81. The van der Waals surface area contributed by atoms with Crippen molar-refractivity contribution in [3.8, 4) is 5.75 Å². The van der Waals surface area contributed by atoms with Gasteiger partial charge in [0.15, 0.2) is 0 Å². The Balaban J connectivity index is 1.80. The van der Waals surface area contributed by atoms with Crippen LogP contribution in [0.3, 0.4) is 0 Å². The van der Waals surface area contributed by atoms with Crippen molar-refractivity contribution in [3.63, 3.8) is 0 Å². The monoisotopic (exact) mass is 426 g/mol. The van der Waals surface area contributed by atoms with Crippen LogP contribution in [-0.4, -0.2) is 16.2 Å². The quantitative estimate of drug-likeness (QED) is 0.208.